The third kappa shape index (κ3) is 2.64. The summed E-state index contributed by atoms with van der Waals surface area (Å²) >= 11 is 6.45. The molecule has 2 N–H and O–H groups in total. The number of rotatable bonds is 1. The van der Waals surface area contributed by atoms with Crippen LogP contribution < -0.4 is 5.73 Å². The van der Waals surface area contributed by atoms with Crippen molar-refractivity contribution < 1.29 is 0 Å². The lowest BCUT2D eigenvalue weighted by molar-refractivity contribution is 1.53. The molecule has 24 heavy (non-hydrogen) atoms. The number of benzene rings is 3. The smallest absolute Gasteiger partial charge is 0.0484 e. The Labute approximate surface area is 146 Å². The minimum Gasteiger partial charge on any atom is -0.399 e. The first-order chi connectivity index (χ1) is 11.7. The van der Waals surface area contributed by atoms with E-state index < -0.39 is 0 Å². The van der Waals surface area contributed by atoms with Gasteiger partial charge in [0.25, 0.3) is 0 Å². The minimum absolute atomic E-state index is 0.759. The molecule has 0 heterocycles. The maximum atomic E-state index is 6.45. The summed E-state index contributed by atoms with van der Waals surface area (Å²) in [4.78, 5) is 0. The van der Waals surface area contributed by atoms with Crippen LogP contribution in [0.1, 0.15) is 27.8 Å². The lowest BCUT2D eigenvalue weighted by Gasteiger charge is -2.13. The molecule has 0 amide bonds. The molecule has 116 valence electrons. The third-order valence-electron chi connectivity index (χ3n) is 4.25. The Kier molecular flexibility index (Phi) is 3.72. The molecule has 0 bridgehead atoms. The van der Waals surface area contributed by atoms with Gasteiger partial charge in [-0.3, -0.25) is 0 Å². The van der Waals surface area contributed by atoms with Gasteiger partial charge in [0.15, 0.2) is 0 Å². The van der Waals surface area contributed by atoms with Crippen molar-refractivity contribution in [1.29, 1.82) is 0 Å². The molecule has 3 aromatic carbocycles. The van der Waals surface area contributed by atoms with Gasteiger partial charge in [-0.15, -0.1) is 0 Å². The molecule has 0 aliphatic heterocycles. The maximum Gasteiger partial charge on any atom is 0.0484 e. The summed E-state index contributed by atoms with van der Waals surface area (Å²) in [5.41, 5.74) is 13.5. The largest absolute Gasteiger partial charge is 0.399 e. The molecule has 0 radical (unpaired) electrons. The van der Waals surface area contributed by atoms with Gasteiger partial charge in [0.05, 0.1) is 0 Å². The quantitative estimate of drug-likeness (QED) is 0.426. The van der Waals surface area contributed by atoms with E-state index in [1.165, 1.54) is 11.1 Å². The number of nitrogen functional groups attached to an aromatic ring is 1. The van der Waals surface area contributed by atoms with Crippen LogP contribution in [0.3, 0.4) is 0 Å². The van der Waals surface area contributed by atoms with E-state index in [-0.39, 0.29) is 0 Å². The molecule has 0 spiro atoms. The van der Waals surface area contributed by atoms with Gasteiger partial charge in [-0.1, -0.05) is 72.3 Å². The Morgan fingerprint density at radius 1 is 0.792 bits per heavy atom. The van der Waals surface area contributed by atoms with Gasteiger partial charge in [0, 0.05) is 16.3 Å². The van der Waals surface area contributed by atoms with Gasteiger partial charge in [0.1, 0.15) is 0 Å². The monoisotopic (exact) mass is 329 g/mol. The molecule has 0 saturated carbocycles. The van der Waals surface area contributed by atoms with Crippen LogP contribution in [0, 0.1) is 0 Å². The van der Waals surface area contributed by atoms with Crippen LogP contribution in [0.25, 0.3) is 23.8 Å². The van der Waals surface area contributed by atoms with Gasteiger partial charge < -0.3 is 5.73 Å². The zero-order valence-corrected chi connectivity index (χ0v) is 13.8. The van der Waals surface area contributed by atoms with Gasteiger partial charge in [-0.2, -0.15) is 0 Å². The molecule has 0 aromatic heterocycles. The summed E-state index contributed by atoms with van der Waals surface area (Å²) < 4.78 is 0. The zero-order valence-electron chi connectivity index (χ0n) is 13.0. The Hall–Kier alpha value is -2.77. The lowest BCUT2D eigenvalue weighted by Crippen LogP contribution is -1.93. The highest BCUT2D eigenvalue weighted by Gasteiger charge is 2.16. The van der Waals surface area contributed by atoms with E-state index in [2.05, 4.69) is 54.6 Å². The van der Waals surface area contributed by atoms with Gasteiger partial charge in [-0.05, 0) is 52.1 Å². The van der Waals surface area contributed by atoms with Crippen molar-refractivity contribution in [2.45, 2.75) is 0 Å². The minimum atomic E-state index is 0.759. The van der Waals surface area contributed by atoms with Crippen molar-refractivity contribution in [3.63, 3.8) is 0 Å². The van der Waals surface area contributed by atoms with Crippen LogP contribution in [0.5, 0.6) is 0 Å². The second-order valence-electron chi connectivity index (χ2n) is 5.85. The average molecular weight is 330 g/mol. The second kappa shape index (κ2) is 6.03. The van der Waals surface area contributed by atoms with E-state index in [9.17, 15) is 0 Å². The summed E-state index contributed by atoms with van der Waals surface area (Å²) in [7, 11) is 0. The van der Waals surface area contributed by atoms with E-state index in [1.807, 2.05) is 30.3 Å². The van der Waals surface area contributed by atoms with E-state index in [0.717, 1.165) is 33.0 Å². The molecule has 1 aliphatic rings. The van der Waals surface area contributed by atoms with Crippen LogP contribution in [-0.4, -0.2) is 0 Å². The van der Waals surface area contributed by atoms with Gasteiger partial charge in [-0.25, -0.2) is 0 Å². The van der Waals surface area contributed by atoms with Crippen molar-refractivity contribution in [3.8, 4) is 0 Å². The second-order valence-corrected chi connectivity index (χ2v) is 6.26. The van der Waals surface area contributed by atoms with Crippen LogP contribution >= 0.6 is 11.6 Å². The predicted molar refractivity (Wildman–Crippen MR) is 105 cm³/mol. The zero-order chi connectivity index (χ0) is 16.5. The topological polar surface area (TPSA) is 26.0 Å². The van der Waals surface area contributed by atoms with E-state index >= 15 is 0 Å². The number of hydrogen-bond acceptors (Lipinski definition) is 1. The Bertz CT molecular complexity index is 983. The van der Waals surface area contributed by atoms with Crippen molar-refractivity contribution in [2.24, 2.45) is 0 Å². The lowest BCUT2D eigenvalue weighted by atomic mass is 9.92. The fraction of sp³-hybridized carbons (Fsp3) is 0. The van der Waals surface area contributed by atoms with Crippen LogP contribution in [0.2, 0.25) is 5.02 Å². The van der Waals surface area contributed by atoms with Crippen molar-refractivity contribution in [3.05, 3.63) is 99.6 Å². The maximum absolute atomic E-state index is 6.45. The molecular weight excluding hydrogens is 314 g/mol. The van der Waals surface area contributed by atoms with Gasteiger partial charge >= 0.3 is 0 Å². The van der Waals surface area contributed by atoms with Crippen molar-refractivity contribution in [1.82, 2.24) is 0 Å². The molecule has 1 nitrogen and oxygen atoms in total. The molecule has 0 atom stereocenters. The molecule has 0 saturated heterocycles. The first kappa shape index (κ1) is 14.8. The molecule has 2 heteroatoms. The number of anilines is 1. The average Bonchev–Trinajstić information content (AvgIpc) is 2.74. The van der Waals surface area contributed by atoms with Crippen molar-refractivity contribution >= 4 is 41.1 Å². The first-order valence-corrected chi connectivity index (χ1v) is 8.24. The number of hydrogen-bond donors (Lipinski definition) is 1. The highest BCUT2D eigenvalue weighted by Crippen LogP contribution is 2.37. The SMILES string of the molecule is Nc1cccc(/C=C2/c3ccccc3C=Cc3c(Cl)cccc32)c1. The van der Waals surface area contributed by atoms with Crippen molar-refractivity contribution in [2.75, 3.05) is 5.73 Å². The summed E-state index contributed by atoms with van der Waals surface area (Å²) in [5, 5.41) is 0.759. The highest BCUT2D eigenvalue weighted by molar-refractivity contribution is 6.32. The number of nitrogens with two attached hydrogens (primary N) is 1. The van der Waals surface area contributed by atoms with Gasteiger partial charge in [0.2, 0.25) is 0 Å². The molecular formula is C22H16ClN. The molecule has 1 aliphatic carbocycles. The predicted octanol–water partition coefficient (Wildman–Crippen LogP) is 5.99. The molecule has 3 aromatic rings. The first-order valence-electron chi connectivity index (χ1n) is 7.86. The van der Waals surface area contributed by atoms with E-state index in [1.54, 1.807) is 0 Å². The summed E-state index contributed by atoms with van der Waals surface area (Å²) in [5.74, 6) is 0. The molecule has 4 rings (SSSR count). The summed E-state index contributed by atoms with van der Waals surface area (Å²) in [6.07, 6.45) is 6.40. The Morgan fingerprint density at radius 3 is 2.46 bits per heavy atom. The summed E-state index contributed by atoms with van der Waals surface area (Å²) in [6, 6.07) is 22.4. The summed E-state index contributed by atoms with van der Waals surface area (Å²) in [6.45, 7) is 0. The van der Waals surface area contributed by atoms with Crippen LogP contribution in [-0.2, 0) is 0 Å². The number of fused-ring (bicyclic) bond motifs is 2. The normalized spacial score (nSPS) is 14.1. The van der Waals surface area contributed by atoms with Crippen LogP contribution in [0.4, 0.5) is 5.69 Å². The van der Waals surface area contributed by atoms with E-state index in [4.69, 9.17) is 17.3 Å². The Morgan fingerprint density at radius 2 is 1.58 bits per heavy atom. The highest BCUT2D eigenvalue weighted by atomic mass is 35.5. The molecule has 0 unspecified atom stereocenters. The third-order valence-corrected chi connectivity index (χ3v) is 4.57. The fourth-order valence-corrected chi connectivity index (χ4v) is 3.36. The fourth-order valence-electron chi connectivity index (χ4n) is 3.12. The van der Waals surface area contributed by atoms with E-state index in [0.29, 0.717) is 0 Å². The Balaban J connectivity index is 2.02. The standard InChI is InChI=1S/C22H16ClN/c23-22-10-4-9-19-20(22)12-11-16-6-1-2-8-18(16)21(19)14-15-5-3-7-17(24)13-15/h1-14H,24H2/b21-14-. The molecule has 0 fully saturated rings. The number of halogens is 1. The van der Waals surface area contributed by atoms with Crippen LogP contribution in [0.15, 0.2) is 66.7 Å².